The summed E-state index contributed by atoms with van der Waals surface area (Å²) in [7, 11) is 1.34. The number of carbonyl (C=O) groups excluding carboxylic acids is 3. The zero-order valence-corrected chi connectivity index (χ0v) is 14.0. The van der Waals surface area contributed by atoms with E-state index >= 15 is 0 Å². The van der Waals surface area contributed by atoms with Crippen LogP contribution >= 0.6 is 0 Å². The molecule has 1 aromatic carbocycles. The Kier molecular flexibility index (Phi) is 6.12. The van der Waals surface area contributed by atoms with Crippen molar-refractivity contribution in [3.05, 3.63) is 41.5 Å². The first kappa shape index (κ1) is 17.7. The van der Waals surface area contributed by atoms with Gasteiger partial charge in [-0.1, -0.05) is 18.2 Å². The van der Waals surface area contributed by atoms with Crippen LogP contribution in [0.3, 0.4) is 0 Å². The molecule has 2 amide bonds. The lowest BCUT2D eigenvalue weighted by Crippen LogP contribution is -2.35. The summed E-state index contributed by atoms with van der Waals surface area (Å²) in [5, 5.41) is 2.71. The minimum absolute atomic E-state index is 0.0314. The molecule has 1 aliphatic heterocycles. The molecule has 0 bridgehead atoms. The summed E-state index contributed by atoms with van der Waals surface area (Å²) in [5.41, 5.74) is 2.39. The fourth-order valence-corrected chi connectivity index (χ4v) is 2.60. The highest BCUT2D eigenvalue weighted by Gasteiger charge is 2.22. The molecule has 0 spiro atoms. The van der Waals surface area contributed by atoms with E-state index in [-0.39, 0.29) is 24.2 Å². The molecule has 0 saturated carbocycles. The first-order valence-electron chi connectivity index (χ1n) is 7.91. The lowest BCUT2D eigenvalue weighted by atomic mass is 10.0. The number of esters is 1. The van der Waals surface area contributed by atoms with Crippen molar-refractivity contribution in [3.8, 4) is 0 Å². The maximum absolute atomic E-state index is 12.5. The number of nitrogens with zero attached hydrogens (tertiary/aromatic N) is 1. The van der Waals surface area contributed by atoms with Gasteiger partial charge in [-0.05, 0) is 30.5 Å². The number of nitrogens with one attached hydrogen (secondary N) is 1. The maximum Gasteiger partial charge on any atom is 0.305 e. The van der Waals surface area contributed by atoms with Crippen LogP contribution in [-0.2, 0) is 25.7 Å². The van der Waals surface area contributed by atoms with Gasteiger partial charge in [-0.25, -0.2) is 0 Å². The van der Waals surface area contributed by atoms with Gasteiger partial charge < -0.3 is 15.0 Å². The van der Waals surface area contributed by atoms with Crippen LogP contribution in [0.2, 0.25) is 0 Å². The Morgan fingerprint density at radius 2 is 1.96 bits per heavy atom. The second-order valence-corrected chi connectivity index (χ2v) is 5.70. The average Bonchev–Trinajstić information content (AvgIpc) is 2.56. The molecule has 6 nitrogen and oxygen atoms in total. The predicted molar refractivity (Wildman–Crippen MR) is 90.1 cm³/mol. The van der Waals surface area contributed by atoms with Gasteiger partial charge in [0.05, 0.1) is 7.11 Å². The molecule has 0 saturated heterocycles. The van der Waals surface area contributed by atoms with E-state index in [0.29, 0.717) is 25.1 Å². The molecular formula is C18H22N2O4. The Morgan fingerprint density at radius 3 is 2.58 bits per heavy atom. The predicted octanol–water partition coefficient (Wildman–Crippen LogP) is 2.26. The lowest BCUT2D eigenvalue weighted by Gasteiger charge is -2.27. The van der Waals surface area contributed by atoms with E-state index < -0.39 is 0 Å². The number of carbonyl (C=O) groups is 3. The first-order chi connectivity index (χ1) is 11.5. The summed E-state index contributed by atoms with van der Waals surface area (Å²) in [5.74, 6) is -0.459. The zero-order valence-electron chi connectivity index (χ0n) is 14.0. The molecule has 2 rings (SSSR count). The molecule has 0 aromatic heterocycles. The van der Waals surface area contributed by atoms with Gasteiger partial charge >= 0.3 is 5.97 Å². The van der Waals surface area contributed by atoms with Crippen LogP contribution in [0.15, 0.2) is 35.9 Å². The third-order valence-corrected chi connectivity index (χ3v) is 3.83. The second kappa shape index (κ2) is 8.29. The molecule has 0 atom stereocenters. The number of rotatable bonds is 6. The topological polar surface area (TPSA) is 75.7 Å². The van der Waals surface area contributed by atoms with Gasteiger partial charge in [0.2, 0.25) is 11.8 Å². The van der Waals surface area contributed by atoms with Crippen LogP contribution in [0.25, 0.3) is 0 Å². The summed E-state index contributed by atoms with van der Waals surface area (Å²) in [4.78, 5) is 36.5. The number of hydrogen-bond acceptors (Lipinski definition) is 4. The Bertz CT molecular complexity index is 649. The Morgan fingerprint density at radius 1 is 1.25 bits per heavy atom. The molecule has 24 heavy (non-hydrogen) atoms. The standard InChI is InChI=1S/C18H22N2O4/c1-13(21)19-16-8-5-14(6-9-16)12-20-11-3-4-15(18(20)23)7-10-17(22)24-2/h4-6,8-9H,3,7,10-12H2,1-2H3,(H,19,21). The third kappa shape index (κ3) is 4.94. The number of ether oxygens (including phenoxy) is 1. The number of methoxy groups -OCH3 is 1. The van der Waals surface area contributed by atoms with E-state index in [1.807, 2.05) is 30.3 Å². The molecule has 6 heteroatoms. The first-order valence-corrected chi connectivity index (χ1v) is 7.91. The van der Waals surface area contributed by atoms with Gasteiger partial charge in [0.1, 0.15) is 0 Å². The minimum Gasteiger partial charge on any atom is -0.469 e. The average molecular weight is 330 g/mol. The van der Waals surface area contributed by atoms with E-state index in [1.54, 1.807) is 4.90 Å². The zero-order chi connectivity index (χ0) is 17.5. The third-order valence-electron chi connectivity index (χ3n) is 3.83. The van der Waals surface area contributed by atoms with Crippen molar-refractivity contribution in [1.29, 1.82) is 0 Å². The fourth-order valence-electron chi connectivity index (χ4n) is 2.60. The molecule has 0 aliphatic carbocycles. The molecule has 1 heterocycles. The number of anilines is 1. The van der Waals surface area contributed by atoms with E-state index in [0.717, 1.165) is 17.7 Å². The lowest BCUT2D eigenvalue weighted by molar-refractivity contribution is -0.140. The second-order valence-electron chi connectivity index (χ2n) is 5.70. The van der Waals surface area contributed by atoms with Gasteiger partial charge in [-0.2, -0.15) is 0 Å². The molecular weight excluding hydrogens is 308 g/mol. The molecule has 1 aliphatic rings. The van der Waals surface area contributed by atoms with Crippen LogP contribution in [0.5, 0.6) is 0 Å². The highest BCUT2D eigenvalue weighted by molar-refractivity contribution is 5.94. The van der Waals surface area contributed by atoms with Gasteiger partial charge in [-0.3, -0.25) is 14.4 Å². The Balaban J connectivity index is 1.95. The quantitative estimate of drug-likeness (QED) is 0.812. The molecule has 0 radical (unpaired) electrons. The van der Waals surface area contributed by atoms with Crippen LogP contribution in [0, 0.1) is 0 Å². The van der Waals surface area contributed by atoms with Crippen molar-refractivity contribution in [1.82, 2.24) is 4.90 Å². The summed E-state index contributed by atoms with van der Waals surface area (Å²) < 4.78 is 4.62. The normalized spacial score (nSPS) is 14.2. The van der Waals surface area contributed by atoms with Crippen LogP contribution in [0.4, 0.5) is 5.69 Å². The van der Waals surface area contributed by atoms with Gasteiger partial charge in [0, 0.05) is 37.7 Å². The number of benzene rings is 1. The highest BCUT2D eigenvalue weighted by atomic mass is 16.5. The minimum atomic E-state index is -0.311. The van der Waals surface area contributed by atoms with Crippen LogP contribution in [0.1, 0.15) is 31.7 Å². The Hall–Kier alpha value is -2.63. The van der Waals surface area contributed by atoms with Crippen molar-refractivity contribution >= 4 is 23.5 Å². The van der Waals surface area contributed by atoms with E-state index in [4.69, 9.17) is 0 Å². The van der Waals surface area contributed by atoms with Crippen molar-refractivity contribution < 1.29 is 19.1 Å². The molecule has 1 N–H and O–H groups in total. The van der Waals surface area contributed by atoms with Crippen molar-refractivity contribution in [2.45, 2.75) is 32.7 Å². The van der Waals surface area contributed by atoms with Gasteiger partial charge in [0.15, 0.2) is 0 Å². The molecule has 128 valence electrons. The highest BCUT2D eigenvalue weighted by Crippen LogP contribution is 2.19. The SMILES string of the molecule is COC(=O)CCC1=CCCN(Cc2ccc(NC(C)=O)cc2)C1=O. The van der Waals surface area contributed by atoms with Crippen molar-refractivity contribution in [3.63, 3.8) is 0 Å². The monoisotopic (exact) mass is 330 g/mol. The number of amides is 2. The van der Waals surface area contributed by atoms with Gasteiger partial charge in [-0.15, -0.1) is 0 Å². The summed E-state index contributed by atoms with van der Waals surface area (Å²) in [6, 6.07) is 7.42. The summed E-state index contributed by atoms with van der Waals surface area (Å²) >= 11 is 0. The van der Waals surface area contributed by atoms with Gasteiger partial charge in [0.25, 0.3) is 0 Å². The largest absolute Gasteiger partial charge is 0.469 e. The fraction of sp³-hybridized carbons (Fsp3) is 0.389. The van der Waals surface area contributed by atoms with Crippen LogP contribution < -0.4 is 5.32 Å². The summed E-state index contributed by atoms with van der Waals surface area (Å²) in [6.07, 6.45) is 3.31. The molecule has 1 aromatic rings. The van der Waals surface area contributed by atoms with E-state index in [2.05, 4.69) is 10.1 Å². The number of hydrogen-bond donors (Lipinski definition) is 1. The van der Waals surface area contributed by atoms with Crippen molar-refractivity contribution in [2.75, 3.05) is 19.0 Å². The Labute approximate surface area is 141 Å². The molecule has 0 fully saturated rings. The smallest absolute Gasteiger partial charge is 0.305 e. The van der Waals surface area contributed by atoms with Crippen molar-refractivity contribution in [2.24, 2.45) is 0 Å². The summed E-state index contributed by atoms with van der Waals surface area (Å²) in [6.45, 7) is 2.63. The van der Waals surface area contributed by atoms with E-state index in [9.17, 15) is 14.4 Å². The molecule has 0 unspecified atom stereocenters. The maximum atomic E-state index is 12.5. The van der Waals surface area contributed by atoms with E-state index in [1.165, 1.54) is 14.0 Å². The van der Waals surface area contributed by atoms with Crippen LogP contribution in [-0.4, -0.2) is 36.3 Å².